The van der Waals surface area contributed by atoms with Crippen molar-refractivity contribution >= 4 is 23.2 Å². The summed E-state index contributed by atoms with van der Waals surface area (Å²) in [5, 5.41) is 25.0. The summed E-state index contributed by atoms with van der Waals surface area (Å²) in [4.78, 5) is 18.6. The van der Waals surface area contributed by atoms with Crippen LogP contribution in [0.3, 0.4) is 0 Å². The molecule has 1 saturated heterocycles. The van der Waals surface area contributed by atoms with Gasteiger partial charge in [-0.15, -0.1) is 0 Å². The van der Waals surface area contributed by atoms with Gasteiger partial charge in [0.2, 0.25) is 5.91 Å². The van der Waals surface area contributed by atoms with Crippen LogP contribution in [-0.4, -0.2) is 45.5 Å². The van der Waals surface area contributed by atoms with E-state index in [1.54, 1.807) is 37.3 Å². The maximum Gasteiger partial charge on any atom is 0.219 e. The number of likely N-dealkylation sites (tertiary alicyclic amines) is 1. The van der Waals surface area contributed by atoms with Gasteiger partial charge >= 0.3 is 0 Å². The molecule has 29 heavy (non-hydrogen) atoms. The van der Waals surface area contributed by atoms with Crippen LogP contribution >= 0.6 is 11.6 Å². The lowest BCUT2D eigenvalue weighted by atomic mass is 9.87. The van der Waals surface area contributed by atoms with Crippen molar-refractivity contribution in [3.63, 3.8) is 0 Å². The molecule has 0 aliphatic carbocycles. The van der Waals surface area contributed by atoms with Crippen LogP contribution in [0.5, 0.6) is 11.5 Å². The molecule has 1 spiro atoms. The van der Waals surface area contributed by atoms with E-state index in [1.165, 1.54) is 0 Å². The lowest BCUT2D eigenvalue weighted by molar-refractivity contribution is -0.130. The summed E-state index contributed by atoms with van der Waals surface area (Å²) in [5.41, 5.74) is 1.60. The average Bonchev–Trinajstić information content (AvgIpc) is 2.70. The number of aromatic hydroxyl groups is 2. The zero-order valence-corrected chi connectivity index (χ0v) is 17.0. The van der Waals surface area contributed by atoms with E-state index in [4.69, 9.17) is 16.6 Å². The van der Waals surface area contributed by atoms with E-state index in [9.17, 15) is 15.0 Å². The summed E-state index contributed by atoms with van der Waals surface area (Å²) in [6.45, 7) is 2.79. The highest BCUT2D eigenvalue weighted by atomic mass is 35.5. The molecule has 2 aliphatic rings. The van der Waals surface area contributed by atoms with Gasteiger partial charge in [0.15, 0.2) is 0 Å². The maximum absolute atomic E-state index is 11.8. The van der Waals surface area contributed by atoms with Crippen LogP contribution in [0.25, 0.3) is 0 Å². The van der Waals surface area contributed by atoms with Gasteiger partial charge in [0.25, 0.3) is 0 Å². The Balaban J connectivity index is 1.74. The summed E-state index contributed by atoms with van der Waals surface area (Å²) in [5.74, 6) is 0.407. The third-order valence-electron chi connectivity index (χ3n) is 5.81. The summed E-state index contributed by atoms with van der Waals surface area (Å²) in [6, 6.07) is 11.9. The van der Waals surface area contributed by atoms with E-state index in [2.05, 4.69) is 5.32 Å². The summed E-state index contributed by atoms with van der Waals surface area (Å²) >= 11 is 6.19. The Morgan fingerprint density at radius 2 is 1.90 bits per heavy atom. The quantitative estimate of drug-likeness (QED) is 0.702. The van der Waals surface area contributed by atoms with Crippen LogP contribution in [0.1, 0.15) is 43.4 Å². The van der Waals surface area contributed by atoms with Gasteiger partial charge in [0.1, 0.15) is 17.2 Å². The minimum atomic E-state index is -0.568. The first-order valence-electron chi connectivity index (χ1n) is 9.76. The molecule has 2 heterocycles. The highest BCUT2D eigenvalue weighted by Crippen LogP contribution is 2.39. The monoisotopic (exact) mass is 413 g/mol. The van der Waals surface area contributed by atoms with Crippen molar-refractivity contribution in [3.05, 3.63) is 58.6 Å². The molecule has 1 atom stereocenters. The first-order chi connectivity index (χ1) is 13.9. The van der Waals surface area contributed by atoms with Crippen LogP contribution in [0, 0.1) is 0 Å². The molecule has 152 valence electrons. The Hall–Kier alpha value is -2.57. The minimum Gasteiger partial charge on any atom is -0.508 e. The molecule has 0 aromatic heterocycles. The predicted octanol–water partition coefficient (Wildman–Crippen LogP) is 3.61. The van der Waals surface area contributed by atoms with Crippen LogP contribution in [0.2, 0.25) is 5.02 Å². The Bertz CT molecular complexity index is 968. The molecule has 3 N–H and O–H groups in total. The van der Waals surface area contributed by atoms with Gasteiger partial charge in [0.05, 0.1) is 0 Å². The first kappa shape index (κ1) is 19.7. The van der Waals surface area contributed by atoms with Gasteiger partial charge in [-0.1, -0.05) is 23.7 Å². The second-order valence-corrected chi connectivity index (χ2v) is 8.15. The average molecular weight is 414 g/mol. The topological polar surface area (TPSA) is 85.2 Å². The molecule has 0 saturated carbocycles. The first-order valence-corrected chi connectivity index (χ1v) is 10.1. The molecule has 2 aliphatic heterocycles. The number of hydrogen-bond donors (Lipinski definition) is 3. The molecule has 0 radical (unpaired) electrons. The molecular weight excluding hydrogens is 390 g/mol. The van der Waals surface area contributed by atoms with Crippen molar-refractivity contribution in [2.45, 2.75) is 37.9 Å². The van der Waals surface area contributed by atoms with Crippen LogP contribution in [-0.2, 0) is 4.79 Å². The zero-order chi connectivity index (χ0) is 20.6. The number of piperidine rings is 1. The lowest BCUT2D eigenvalue weighted by Crippen LogP contribution is -2.56. The Morgan fingerprint density at radius 3 is 2.59 bits per heavy atom. The Morgan fingerprint density at radius 1 is 1.17 bits per heavy atom. The molecule has 4 rings (SSSR count). The number of benzene rings is 2. The van der Waals surface area contributed by atoms with Gasteiger partial charge in [-0.3, -0.25) is 15.1 Å². The van der Waals surface area contributed by atoms with Gasteiger partial charge < -0.3 is 15.1 Å². The van der Waals surface area contributed by atoms with Gasteiger partial charge in [0, 0.05) is 67.2 Å². The van der Waals surface area contributed by atoms with Gasteiger partial charge in [-0.2, -0.15) is 0 Å². The molecule has 6 nitrogen and oxygen atoms in total. The van der Waals surface area contributed by atoms with Crippen molar-refractivity contribution in [2.75, 3.05) is 13.1 Å². The lowest BCUT2D eigenvalue weighted by Gasteiger charge is -2.45. The third kappa shape index (κ3) is 3.95. The normalized spacial score (nSPS) is 21.1. The molecule has 1 fully saturated rings. The summed E-state index contributed by atoms with van der Waals surface area (Å²) in [6.07, 6.45) is 1.81. The van der Waals surface area contributed by atoms with Crippen molar-refractivity contribution in [1.29, 1.82) is 0 Å². The second kappa shape index (κ2) is 7.69. The second-order valence-electron chi connectivity index (χ2n) is 7.72. The fourth-order valence-corrected chi connectivity index (χ4v) is 4.41. The number of amides is 1. The Kier molecular flexibility index (Phi) is 5.23. The largest absolute Gasteiger partial charge is 0.508 e. The number of carbonyl (C=O) groups excluding carboxylic acids is 1. The van der Waals surface area contributed by atoms with E-state index in [1.807, 2.05) is 17.0 Å². The number of nitrogens with zero attached hydrogens (tertiary/aromatic N) is 2. The SMILES string of the molecule is CC(=O)N1CCC2(CC1)N=C(c1ccccc1O)C[C@H](c1cc(Cl)ccc1O)N2. The van der Waals surface area contributed by atoms with Gasteiger partial charge in [-0.25, -0.2) is 0 Å². The number of phenolic OH excluding ortho intramolecular Hbond substituents is 2. The molecule has 2 aromatic rings. The van der Waals surface area contributed by atoms with E-state index >= 15 is 0 Å². The van der Waals surface area contributed by atoms with Crippen LogP contribution in [0.4, 0.5) is 0 Å². The molecule has 0 unspecified atom stereocenters. The van der Waals surface area contributed by atoms with E-state index in [0.29, 0.717) is 48.5 Å². The molecule has 1 amide bonds. The number of carbonyl (C=O) groups is 1. The minimum absolute atomic E-state index is 0.0598. The fourth-order valence-electron chi connectivity index (χ4n) is 4.23. The number of para-hydroxylation sites is 1. The Labute approximate surface area is 174 Å². The van der Waals surface area contributed by atoms with Crippen molar-refractivity contribution < 1.29 is 15.0 Å². The molecule has 0 bridgehead atoms. The summed E-state index contributed by atoms with van der Waals surface area (Å²) in [7, 11) is 0. The zero-order valence-electron chi connectivity index (χ0n) is 16.2. The standard InChI is InChI=1S/C22H24ClN3O3/c1-14(27)26-10-8-22(9-11-26)24-18(16-4-2-3-5-20(16)28)13-19(25-22)17-12-15(23)6-7-21(17)29/h2-7,12,19,25,28-29H,8-11,13H2,1H3/t19-/m1/s1. The van der Waals surface area contributed by atoms with Crippen molar-refractivity contribution in [3.8, 4) is 11.5 Å². The maximum atomic E-state index is 11.8. The molecular formula is C22H24ClN3O3. The van der Waals surface area contributed by atoms with Crippen LogP contribution < -0.4 is 5.32 Å². The number of phenols is 2. The van der Waals surface area contributed by atoms with E-state index in [-0.39, 0.29) is 23.4 Å². The number of hydrogen-bond acceptors (Lipinski definition) is 5. The molecule has 2 aromatic carbocycles. The van der Waals surface area contributed by atoms with E-state index < -0.39 is 5.66 Å². The highest BCUT2D eigenvalue weighted by molar-refractivity contribution is 6.30. The van der Waals surface area contributed by atoms with Crippen molar-refractivity contribution in [1.82, 2.24) is 10.2 Å². The number of nitrogens with one attached hydrogen (secondary N) is 1. The molecule has 7 heteroatoms. The predicted molar refractivity (Wildman–Crippen MR) is 112 cm³/mol. The van der Waals surface area contributed by atoms with E-state index in [0.717, 1.165) is 5.71 Å². The third-order valence-corrected chi connectivity index (χ3v) is 6.04. The fraction of sp³-hybridized carbons (Fsp3) is 0.364. The van der Waals surface area contributed by atoms with Crippen molar-refractivity contribution in [2.24, 2.45) is 4.99 Å². The summed E-state index contributed by atoms with van der Waals surface area (Å²) < 4.78 is 0. The highest BCUT2D eigenvalue weighted by Gasteiger charge is 2.41. The van der Waals surface area contributed by atoms with Gasteiger partial charge in [-0.05, 0) is 30.3 Å². The smallest absolute Gasteiger partial charge is 0.219 e. The number of rotatable bonds is 2. The number of halogens is 1. The van der Waals surface area contributed by atoms with Crippen LogP contribution in [0.15, 0.2) is 47.5 Å². The number of aliphatic imine (C=N–C) groups is 1.